The first-order chi connectivity index (χ1) is 19.0. The van der Waals surface area contributed by atoms with Crippen LogP contribution < -0.4 is 5.43 Å². The van der Waals surface area contributed by atoms with Crippen molar-refractivity contribution >= 4 is 22.8 Å². The number of carbonyl (C=O) groups is 2. The molecular formula is C32H38N2O5. The number of aryl methyl sites for hydroxylation is 1. The van der Waals surface area contributed by atoms with Gasteiger partial charge in [0.05, 0.1) is 36.4 Å². The lowest BCUT2D eigenvalue weighted by molar-refractivity contribution is -0.145. The Morgan fingerprint density at radius 2 is 1.72 bits per heavy atom. The lowest BCUT2D eigenvalue weighted by Crippen LogP contribution is -2.47. The molecule has 2 aliphatic rings. The van der Waals surface area contributed by atoms with E-state index in [9.17, 15) is 14.4 Å². The van der Waals surface area contributed by atoms with Crippen LogP contribution in [-0.2, 0) is 27.4 Å². The zero-order chi connectivity index (χ0) is 27.2. The average molecular weight is 531 g/mol. The van der Waals surface area contributed by atoms with Crippen LogP contribution in [0.1, 0.15) is 61.6 Å². The van der Waals surface area contributed by atoms with Crippen LogP contribution in [0.3, 0.4) is 0 Å². The van der Waals surface area contributed by atoms with Crippen molar-refractivity contribution in [2.24, 2.45) is 5.92 Å². The Balaban J connectivity index is 1.40. The molecule has 7 heteroatoms. The van der Waals surface area contributed by atoms with Gasteiger partial charge in [-0.2, -0.15) is 0 Å². The van der Waals surface area contributed by atoms with Crippen molar-refractivity contribution in [3.8, 4) is 0 Å². The number of amides is 2. The molecule has 0 spiro atoms. The maximum absolute atomic E-state index is 13.9. The summed E-state index contributed by atoms with van der Waals surface area (Å²) in [5.74, 6) is -0.171. The number of ether oxygens (including phenoxy) is 1. The molecular weight excluding hydrogens is 492 g/mol. The fourth-order valence-electron chi connectivity index (χ4n) is 5.77. The number of benzene rings is 2. The van der Waals surface area contributed by atoms with Gasteiger partial charge in [-0.15, -0.1) is 0 Å². The predicted octanol–water partition coefficient (Wildman–Crippen LogP) is 5.22. The number of hydrogen-bond donors (Lipinski definition) is 0. The molecule has 1 unspecified atom stereocenters. The Morgan fingerprint density at radius 1 is 0.923 bits per heavy atom. The molecule has 1 saturated heterocycles. The highest BCUT2D eigenvalue weighted by Crippen LogP contribution is 2.26. The minimum Gasteiger partial charge on any atom is -0.464 e. The Bertz CT molecular complexity index is 1340. The van der Waals surface area contributed by atoms with Crippen molar-refractivity contribution < 1.29 is 18.7 Å². The highest BCUT2D eigenvalue weighted by Gasteiger charge is 2.31. The number of hydrogen-bond acceptors (Lipinski definition) is 5. The van der Waals surface area contributed by atoms with Crippen molar-refractivity contribution in [2.75, 3.05) is 19.7 Å². The fourth-order valence-corrected chi connectivity index (χ4v) is 5.77. The average Bonchev–Trinajstić information content (AvgIpc) is 3.48. The van der Waals surface area contributed by atoms with Crippen molar-refractivity contribution in [3.63, 3.8) is 0 Å². The molecule has 3 aromatic rings. The predicted molar refractivity (Wildman–Crippen MR) is 150 cm³/mol. The zero-order valence-corrected chi connectivity index (χ0v) is 22.8. The van der Waals surface area contributed by atoms with Gasteiger partial charge < -0.3 is 19.0 Å². The lowest BCUT2D eigenvalue weighted by Gasteiger charge is -2.32. The molecule has 39 heavy (non-hydrogen) atoms. The van der Waals surface area contributed by atoms with Crippen LogP contribution in [0, 0.1) is 12.8 Å². The smallest absolute Gasteiger partial charge is 0.242 e. The third-order valence-electron chi connectivity index (χ3n) is 7.97. The minimum absolute atomic E-state index is 0.0277. The molecule has 1 aromatic heterocycles. The molecule has 1 atom stereocenters. The highest BCUT2D eigenvalue weighted by molar-refractivity contribution is 5.86. The quantitative estimate of drug-likeness (QED) is 0.379. The van der Waals surface area contributed by atoms with Gasteiger partial charge in [-0.25, -0.2) is 0 Å². The van der Waals surface area contributed by atoms with Crippen LogP contribution in [0.2, 0.25) is 0 Å². The number of nitrogens with zero attached hydrogens (tertiary/aromatic N) is 2. The number of rotatable bonds is 9. The van der Waals surface area contributed by atoms with Crippen LogP contribution in [0.25, 0.3) is 11.0 Å². The van der Waals surface area contributed by atoms with Gasteiger partial charge >= 0.3 is 0 Å². The second-order valence-electron chi connectivity index (χ2n) is 11.0. The molecule has 2 aromatic carbocycles. The Morgan fingerprint density at radius 3 is 2.46 bits per heavy atom. The van der Waals surface area contributed by atoms with E-state index in [4.69, 9.17) is 9.15 Å². The van der Waals surface area contributed by atoms with E-state index in [0.29, 0.717) is 36.2 Å². The lowest BCUT2D eigenvalue weighted by atomic mass is 9.88. The summed E-state index contributed by atoms with van der Waals surface area (Å²) < 4.78 is 11.6. The largest absolute Gasteiger partial charge is 0.464 e. The normalized spacial score (nSPS) is 17.8. The van der Waals surface area contributed by atoms with E-state index in [1.807, 2.05) is 49.4 Å². The summed E-state index contributed by atoms with van der Waals surface area (Å²) in [5, 5.41) is 0.507. The molecule has 1 saturated carbocycles. The van der Waals surface area contributed by atoms with Gasteiger partial charge in [-0.05, 0) is 50.3 Å². The van der Waals surface area contributed by atoms with Crippen molar-refractivity contribution in [1.82, 2.24) is 9.80 Å². The third kappa shape index (κ3) is 6.77. The van der Waals surface area contributed by atoms with Gasteiger partial charge in [0, 0.05) is 25.6 Å². The molecule has 5 rings (SSSR count). The van der Waals surface area contributed by atoms with Gasteiger partial charge in [-0.3, -0.25) is 14.4 Å². The molecule has 7 nitrogen and oxygen atoms in total. The SMILES string of the molecule is Cc1ccc2occ(CN(Cc3ccccc3)C(=O)CN(CC3CCCO3)C(=O)C3CCCCC3)c(=O)c2c1. The molecule has 206 valence electrons. The van der Waals surface area contributed by atoms with Crippen LogP contribution in [0.5, 0.6) is 0 Å². The summed E-state index contributed by atoms with van der Waals surface area (Å²) in [6.45, 7) is 3.46. The molecule has 0 bridgehead atoms. The summed E-state index contributed by atoms with van der Waals surface area (Å²) in [7, 11) is 0. The van der Waals surface area contributed by atoms with E-state index in [0.717, 1.165) is 56.1 Å². The van der Waals surface area contributed by atoms with Gasteiger partial charge in [0.1, 0.15) is 5.58 Å². The summed E-state index contributed by atoms with van der Waals surface area (Å²) in [4.78, 5) is 44.3. The van der Waals surface area contributed by atoms with Gasteiger partial charge in [0.25, 0.3) is 0 Å². The van der Waals surface area contributed by atoms with Gasteiger partial charge in [-0.1, -0.05) is 61.2 Å². The molecule has 1 aliphatic carbocycles. The maximum Gasteiger partial charge on any atom is 0.242 e. The Hall–Kier alpha value is -3.45. The van der Waals surface area contributed by atoms with Crippen molar-refractivity contribution in [2.45, 2.75) is 71.1 Å². The van der Waals surface area contributed by atoms with Crippen molar-refractivity contribution in [3.05, 3.63) is 81.7 Å². The molecule has 2 heterocycles. The minimum atomic E-state index is -0.190. The van der Waals surface area contributed by atoms with E-state index in [2.05, 4.69) is 0 Å². The Kier molecular flexibility index (Phi) is 8.77. The van der Waals surface area contributed by atoms with Crippen LogP contribution in [0.15, 0.2) is 64.0 Å². The van der Waals surface area contributed by atoms with Crippen LogP contribution >= 0.6 is 0 Å². The molecule has 2 fully saturated rings. The molecule has 0 radical (unpaired) electrons. The van der Waals surface area contributed by atoms with Crippen LogP contribution in [-0.4, -0.2) is 47.4 Å². The first kappa shape index (κ1) is 27.1. The maximum atomic E-state index is 13.9. The summed E-state index contributed by atoms with van der Waals surface area (Å²) >= 11 is 0. The monoisotopic (exact) mass is 530 g/mol. The second kappa shape index (κ2) is 12.6. The van der Waals surface area contributed by atoms with E-state index >= 15 is 0 Å². The topological polar surface area (TPSA) is 80.1 Å². The molecule has 2 amide bonds. The Labute approximate surface area is 229 Å². The highest BCUT2D eigenvalue weighted by atomic mass is 16.5. The first-order valence-electron chi connectivity index (χ1n) is 14.2. The summed E-state index contributed by atoms with van der Waals surface area (Å²) in [5.41, 5.74) is 2.73. The number of carbonyl (C=O) groups excluding carboxylic acids is 2. The molecule has 0 N–H and O–H groups in total. The fraction of sp³-hybridized carbons (Fsp3) is 0.469. The number of fused-ring (bicyclic) bond motifs is 1. The summed E-state index contributed by atoms with van der Waals surface area (Å²) in [6.07, 6.45) is 8.31. The van der Waals surface area contributed by atoms with Crippen LogP contribution in [0.4, 0.5) is 0 Å². The van der Waals surface area contributed by atoms with Gasteiger partial charge in [0.2, 0.25) is 11.8 Å². The van der Waals surface area contributed by atoms with E-state index in [1.54, 1.807) is 15.9 Å². The summed E-state index contributed by atoms with van der Waals surface area (Å²) in [6, 6.07) is 15.2. The second-order valence-corrected chi connectivity index (χ2v) is 11.0. The van der Waals surface area contributed by atoms with E-state index in [-0.39, 0.29) is 42.4 Å². The van der Waals surface area contributed by atoms with Crippen molar-refractivity contribution in [1.29, 1.82) is 0 Å². The standard InChI is InChI=1S/C32H38N2O5/c1-23-14-15-29-28(17-23)31(36)26(22-39-29)19-33(18-24-9-4-2-5-10-24)30(35)21-34(20-27-13-8-16-38-27)32(37)25-11-6-3-7-12-25/h2,4-5,9-10,14-15,17,22,25,27H,3,6-8,11-13,16,18-21H2,1H3. The van der Waals surface area contributed by atoms with E-state index < -0.39 is 0 Å². The zero-order valence-electron chi connectivity index (χ0n) is 22.8. The molecule has 1 aliphatic heterocycles. The van der Waals surface area contributed by atoms with E-state index in [1.165, 1.54) is 6.26 Å². The van der Waals surface area contributed by atoms with Gasteiger partial charge in [0.15, 0.2) is 5.43 Å². The third-order valence-corrected chi connectivity index (χ3v) is 7.97. The first-order valence-corrected chi connectivity index (χ1v) is 14.2.